The highest BCUT2D eigenvalue weighted by atomic mass is 127. The van der Waals surface area contributed by atoms with E-state index in [2.05, 4.69) is 43.8 Å². The summed E-state index contributed by atoms with van der Waals surface area (Å²) in [6, 6.07) is 16.1. The Kier molecular flexibility index (Phi) is 9.78. The van der Waals surface area contributed by atoms with Crippen LogP contribution < -0.4 is 35.0 Å². The maximum absolute atomic E-state index is 12.4. The van der Waals surface area contributed by atoms with Crippen LogP contribution >= 0.6 is 22.6 Å². The number of hydrogen-bond acceptors (Lipinski definition) is 8. The SMILES string of the molecule is CCOc1cc(/C=N\NC(=O)C(=O)NCc2ccc3c(c2)OCO3)cc(I)c1OCC(=O)Nc1cccc(C)c1. The summed E-state index contributed by atoms with van der Waals surface area (Å²) < 4.78 is 22.7. The summed E-state index contributed by atoms with van der Waals surface area (Å²) >= 11 is 2.06. The highest BCUT2D eigenvalue weighted by Crippen LogP contribution is 2.34. The van der Waals surface area contributed by atoms with Crippen molar-refractivity contribution in [3.63, 3.8) is 0 Å². The Bertz CT molecular complexity index is 1440. The van der Waals surface area contributed by atoms with E-state index in [1.54, 1.807) is 36.4 Å². The van der Waals surface area contributed by atoms with E-state index >= 15 is 0 Å². The number of ether oxygens (including phenoxy) is 4. The van der Waals surface area contributed by atoms with Crippen LogP contribution in [0.2, 0.25) is 0 Å². The van der Waals surface area contributed by atoms with E-state index in [0.29, 0.717) is 44.4 Å². The third-order valence-corrected chi connectivity index (χ3v) is 6.26. The van der Waals surface area contributed by atoms with Crippen molar-refractivity contribution >= 4 is 52.2 Å². The second-order valence-electron chi connectivity index (χ2n) is 8.54. The lowest BCUT2D eigenvalue weighted by molar-refractivity contribution is -0.139. The zero-order chi connectivity index (χ0) is 28.5. The number of rotatable bonds is 10. The first-order valence-electron chi connectivity index (χ1n) is 12.3. The predicted octanol–water partition coefficient (Wildman–Crippen LogP) is 3.51. The van der Waals surface area contributed by atoms with Gasteiger partial charge in [0.05, 0.1) is 16.4 Å². The Morgan fingerprint density at radius 2 is 1.85 bits per heavy atom. The number of hydrazone groups is 1. The largest absolute Gasteiger partial charge is 0.490 e. The molecule has 1 heterocycles. The number of hydrogen-bond donors (Lipinski definition) is 3. The Labute approximate surface area is 244 Å². The standard InChI is InChI=1S/C28H27IN4O7/c1-3-37-24-12-19(10-21(29)26(24)38-15-25(34)32-20-6-4-5-17(2)9-20)14-31-33-28(36)27(35)30-13-18-7-8-22-23(11-18)40-16-39-22/h4-12,14H,3,13,15-16H2,1-2H3,(H,30,35)(H,32,34)(H,33,36)/b31-14-. The van der Waals surface area contributed by atoms with Crippen molar-refractivity contribution in [1.29, 1.82) is 0 Å². The van der Waals surface area contributed by atoms with Gasteiger partial charge in [0.15, 0.2) is 29.6 Å². The van der Waals surface area contributed by atoms with Gasteiger partial charge in [-0.15, -0.1) is 0 Å². The molecule has 0 spiro atoms. The van der Waals surface area contributed by atoms with Crippen LogP contribution in [0.5, 0.6) is 23.0 Å². The Balaban J connectivity index is 1.31. The number of halogens is 1. The minimum Gasteiger partial charge on any atom is -0.490 e. The van der Waals surface area contributed by atoms with Gasteiger partial charge in [-0.1, -0.05) is 18.2 Å². The van der Waals surface area contributed by atoms with E-state index in [4.69, 9.17) is 18.9 Å². The van der Waals surface area contributed by atoms with Crippen molar-refractivity contribution in [2.45, 2.75) is 20.4 Å². The first-order chi connectivity index (χ1) is 19.3. The minimum absolute atomic E-state index is 0.132. The first-order valence-corrected chi connectivity index (χ1v) is 13.4. The second-order valence-corrected chi connectivity index (χ2v) is 9.70. The molecule has 0 bridgehead atoms. The van der Waals surface area contributed by atoms with Gasteiger partial charge in [-0.25, -0.2) is 5.43 Å². The summed E-state index contributed by atoms with van der Waals surface area (Å²) in [6.45, 7) is 4.20. The first kappa shape index (κ1) is 28.7. The zero-order valence-corrected chi connectivity index (χ0v) is 23.9. The summed E-state index contributed by atoms with van der Waals surface area (Å²) in [5, 5.41) is 9.21. The molecule has 1 aliphatic heterocycles. The van der Waals surface area contributed by atoms with E-state index < -0.39 is 11.8 Å². The van der Waals surface area contributed by atoms with Gasteiger partial charge in [0.25, 0.3) is 5.91 Å². The van der Waals surface area contributed by atoms with E-state index in [1.165, 1.54) is 6.21 Å². The van der Waals surface area contributed by atoms with Gasteiger partial charge in [-0.05, 0) is 89.5 Å². The smallest absolute Gasteiger partial charge is 0.329 e. The lowest BCUT2D eigenvalue weighted by atomic mass is 10.2. The summed E-state index contributed by atoms with van der Waals surface area (Å²) in [6.07, 6.45) is 1.38. The van der Waals surface area contributed by atoms with E-state index in [1.807, 2.05) is 32.0 Å². The minimum atomic E-state index is -0.920. The molecule has 11 nitrogen and oxygen atoms in total. The summed E-state index contributed by atoms with van der Waals surface area (Å²) in [5.41, 5.74) is 5.26. The number of fused-ring (bicyclic) bond motifs is 1. The molecule has 0 fully saturated rings. The number of anilines is 1. The van der Waals surface area contributed by atoms with Gasteiger partial charge in [0.1, 0.15) is 0 Å². The van der Waals surface area contributed by atoms with E-state index in [9.17, 15) is 14.4 Å². The molecule has 3 aromatic carbocycles. The Hall–Kier alpha value is -4.33. The maximum Gasteiger partial charge on any atom is 0.329 e. The number of aryl methyl sites for hydroxylation is 1. The molecule has 3 amide bonds. The fourth-order valence-electron chi connectivity index (χ4n) is 3.65. The number of carbonyl (C=O) groups excluding carboxylic acids is 3. The zero-order valence-electron chi connectivity index (χ0n) is 21.8. The van der Waals surface area contributed by atoms with E-state index in [-0.39, 0.29) is 25.9 Å². The van der Waals surface area contributed by atoms with Crippen molar-refractivity contribution in [2.75, 3.05) is 25.3 Å². The molecule has 4 rings (SSSR count). The van der Waals surface area contributed by atoms with Crippen molar-refractivity contribution < 1.29 is 33.3 Å². The molecular formula is C28H27IN4O7. The summed E-state index contributed by atoms with van der Waals surface area (Å²) in [4.78, 5) is 36.7. The van der Waals surface area contributed by atoms with Crippen molar-refractivity contribution in [3.05, 3.63) is 74.9 Å². The van der Waals surface area contributed by atoms with Gasteiger partial charge in [0.2, 0.25) is 6.79 Å². The highest BCUT2D eigenvalue weighted by Gasteiger charge is 2.17. The van der Waals surface area contributed by atoms with Crippen molar-refractivity contribution in [2.24, 2.45) is 5.10 Å². The van der Waals surface area contributed by atoms with E-state index in [0.717, 1.165) is 11.1 Å². The van der Waals surface area contributed by atoms with Gasteiger partial charge < -0.3 is 29.6 Å². The Morgan fingerprint density at radius 3 is 2.65 bits per heavy atom. The van der Waals surface area contributed by atoms with Gasteiger partial charge in [0, 0.05) is 12.2 Å². The van der Waals surface area contributed by atoms with Crippen molar-refractivity contribution in [1.82, 2.24) is 10.7 Å². The molecule has 0 atom stereocenters. The number of amides is 3. The van der Waals surface area contributed by atoms with Gasteiger partial charge in [-0.2, -0.15) is 5.10 Å². The van der Waals surface area contributed by atoms with Gasteiger partial charge in [-0.3, -0.25) is 14.4 Å². The van der Waals surface area contributed by atoms with Crippen LogP contribution in [0.4, 0.5) is 5.69 Å². The van der Waals surface area contributed by atoms with Crippen LogP contribution in [-0.2, 0) is 20.9 Å². The molecule has 0 aromatic heterocycles. The molecule has 12 heteroatoms. The summed E-state index contributed by atoms with van der Waals surface area (Å²) in [5.74, 6) is -0.0355. The third kappa shape index (κ3) is 7.85. The number of benzene rings is 3. The van der Waals surface area contributed by atoms with Crippen LogP contribution in [0, 0.1) is 10.5 Å². The molecular weight excluding hydrogens is 631 g/mol. The fourth-order valence-corrected chi connectivity index (χ4v) is 4.43. The Morgan fingerprint density at radius 1 is 1.02 bits per heavy atom. The molecule has 0 radical (unpaired) electrons. The summed E-state index contributed by atoms with van der Waals surface area (Å²) in [7, 11) is 0. The van der Waals surface area contributed by atoms with Crippen LogP contribution in [0.1, 0.15) is 23.6 Å². The second kappa shape index (κ2) is 13.6. The van der Waals surface area contributed by atoms with Crippen LogP contribution in [-0.4, -0.2) is 43.9 Å². The monoisotopic (exact) mass is 658 g/mol. The van der Waals surface area contributed by atoms with Crippen molar-refractivity contribution in [3.8, 4) is 23.0 Å². The lowest BCUT2D eigenvalue weighted by Crippen LogP contribution is -2.37. The fraction of sp³-hybridized carbons (Fsp3) is 0.214. The van der Waals surface area contributed by atoms with Crippen LogP contribution in [0.25, 0.3) is 0 Å². The van der Waals surface area contributed by atoms with Crippen LogP contribution in [0.3, 0.4) is 0 Å². The molecule has 3 N–H and O–H groups in total. The molecule has 0 unspecified atom stereocenters. The topological polar surface area (TPSA) is 137 Å². The third-order valence-electron chi connectivity index (χ3n) is 5.46. The molecule has 0 saturated carbocycles. The average molecular weight is 658 g/mol. The molecule has 208 valence electrons. The van der Waals surface area contributed by atoms with Gasteiger partial charge >= 0.3 is 11.8 Å². The molecule has 0 saturated heterocycles. The molecule has 1 aliphatic rings. The average Bonchev–Trinajstić information content (AvgIpc) is 3.39. The normalized spacial score (nSPS) is 11.7. The highest BCUT2D eigenvalue weighted by molar-refractivity contribution is 14.1. The molecule has 0 aliphatic carbocycles. The number of nitrogens with zero attached hydrogens (tertiary/aromatic N) is 1. The predicted molar refractivity (Wildman–Crippen MR) is 156 cm³/mol. The molecule has 3 aromatic rings. The van der Waals surface area contributed by atoms with Crippen LogP contribution in [0.15, 0.2) is 59.7 Å². The lowest BCUT2D eigenvalue weighted by Gasteiger charge is -2.14. The number of nitrogens with one attached hydrogen (secondary N) is 3. The molecule has 40 heavy (non-hydrogen) atoms. The quantitative estimate of drug-likeness (QED) is 0.131. The maximum atomic E-state index is 12.4. The number of carbonyl (C=O) groups is 3.